The summed E-state index contributed by atoms with van der Waals surface area (Å²) in [6.45, 7) is 8.61. The van der Waals surface area contributed by atoms with Crippen molar-refractivity contribution in [3.05, 3.63) is 17.5 Å². The zero-order valence-electron chi connectivity index (χ0n) is 11.5. The Bertz CT molecular complexity index is 477. The highest BCUT2D eigenvalue weighted by Gasteiger charge is 2.26. The van der Waals surface area contributed by atoms with Gasteiger partial charge in [0.25, 0.3) is 0 Å². The van der Waals surface area contributed by atoms with Crippen LogP contribution in [0.1, 0.15) is 36.8 Å². The minimum absolute atomic E-state index is 0.171. The lowest BCUT2D eigenvalue weighted by atomic mass is 9.89. The highest BCUT2D eigenvalue weighted by molar-refractivity contribution is 5.89. The third-order valence-electron chi connectivity index (χ3n) is 3.01. The number of aromatic nitrogens is 2. The van der Waals surface area contributed by atoms with Gasteiger partial charge in [-0.3, -0.25) is 0 Å². The van der Waals surface area contributed by atoms with Crippen LogP contribution >= 0.6 is 0 Å². The molecule has 6 nitrogen and oxygen atoms in total. The van der Waals surface area contributed by atoms with Crippen LogP contribution in [0.2, 0.25) is 0 Å². The van der Waals surface area contributed by atoms with Crippen molar-refractivity contribution < 1.29 is 14.6 Å². The van der Waals surface area contributed by atoms with Gasteiger partial charge >= 0.3 is 5.97 Å². The first-order valence-electron chi connectivity index (χ1n) is 6.33. The van der Waals surface area contributed by atoms with E-state index in [1.54, 1.807) is 0 Å². The SMILES string of the molecule is CC(C)(C)c1nc(N2CCOCC2)ncc1C(=O)O. The molecule has 0 spiro atoms. The minimum atomic E-state index is -0.988. The lowest BCUT2D eigenvalue weighted by molar-refractivity contribution is 0.0692. The Balaban J connectivity index is 2.40. The number of anilines is 1. The van der Waals surface area contributed by atoms with Gasteiger partial charge in [0, 0.05) is 24.7 Å². The van der Waals surface area contributed by atoms with Crippen molar-refractivity contribution in [2.75, 3.05) is 31.2 Å². The van der Waals surface area contributed by atoms with E-state index in [0.717, 1.165) is 13.1 Å². The maximum absolute atomic E-state index is 11.2. The third kappa shape index (κ3) is 3.01. The number of aromatic carboxylic acids is 1. The molecule has 1 aromatic heterocycles. The largest absolute Gasteiger partial charge is 0.478 e. The molecule has 0 aromatic carbocycles. The number of ether oxygens (including phenoxy) is 1. The first kappa shape index (κ1) is 13.7. The van der Waals surface area contributed by atoms with Gasteiger partial charge in [0.05, 0.1) is 24.5 Å². The number of carbonyl (C=O) groups is 1. The molecule has 6 heteroatoms. The highest BCUT2D eigenvalue weighted by atomic mass is 16.5. The van der Waals surface area contributed by atoms with E-state index in [0.29, 0.717) is 24.9 Å². The monoisotopic (exact) mass is 265 g/mol. The van der Waals surface area contributed by atoms with Gasteiger partial charge in [-0.25, -0.2) is 14.8 Å². The molecule has 0 aliphatic carbocycles. The van der Waals surface area contributed by atoms with Gasteiger partial charge in [0.15, 0.2) is 0 Å². The third-order valence-corrected chi connectivity index (χ3v) is 3.01. The van der Waals surface area contributed by atoms with Gasteiger partial charge in [-0.2, -0.15) is 0 Å². The summed E-state index contributed by atoms with van der Waals surface area (Å²) >= 11 is 0. The molecule has 104 valence electrons. The van der Waals surface area contributed by atoms with Gasteiger partial charge < -0.3 is 14.7 Å². The Morgan fingerprint density at radius 1 is 1.37 bits per heavy atom. The zero-order valence-corrected chi connectivity index (χ0v) is 11.5. The summed E-state index contributed by atoms with van der Waals surface area (Å²) in [7, 11) is 0. The first-order valence-corrected chi connectivity index (χ1v) is 6.33. The van der Waals surface area contributed by atoms with Crippen molar-refractivity contribution in [3.63, 3.8) is 0 Å². The number of hydrogen-bond donors (Lipinski definition) is 1. The van der Waals surface area contributed by atoms with E-state index in [-0.39, 0.29) is 11.0 Å². The van der Waals surface area contributed by atoms with Crippen LogP contribution in [0.4, 0.5) is 5.95 Å². The molecule has 1 aromatic rings. The van der Waals surface area contributed by atoms with Gasteiger partial charge in [-0.05, 0) is 0 Å². The van der Waals surface area contributed by atoms with E-state index in [9.17, 15) is 9.90 Å². The molecule has 2 rings (SSSR count). The van der Waals surface area contributed by atoms with Crippen molar-refractivity contribution in [2.24, 2.45) is 0 Å². The van der Waals surface area contributed by atoms with Crippen LogP contribution in [0.15, 0.2) is 6.20 Å². The van der Waals surface area contributed by atoms with E-state index in [1.165, 1.54) is 6.20 Å². The van der Waals surface area contributed by atoms with Crippen LogP contribution in [0, 0.1) is 0 Å². The molecule has 2 heterocycles. The van der Waals surface area contributed by atoms with Crippen LogP contribution in [-0.4, -0.2) is 47.3 Å². The smallest absolute Gasteiger partial charge is 0.339 e. The summed E-state index contributed by atoms with van der Waals surface area (Å²) in [6, 6.07) is 0. The van der Waals surface area contributed by atoms with Gasteiger partial charge in [-0.1, -0.05) is 20.8 Å². The lowest BCUT2D eigenvalue weighted by Gasteiger charge is -2.28. The fraction of sp³-hybridized carbons (Fsp3) is 0.615. The van der Waals surface area contributed by atoms with E-state index < -0.39 is 5.97 Å². The second kappa shape index (κ2) is 5.13. The number of nitrogens with zero attached hydrogens (tertiary/aromatic N) is 3. The summed E-state index contributed by atoms with van der Waals surface area (Å²) in [4.78, 5) is 21.9. The maximum atomic E-state index is 11.2. The molecule has 0 bridgehead atoms. The van der Waals surface area contributed by atoms with Crippen molar-refractivity contribution in [1.82, 2.24) is 9.97 Å². The van der Waals surface area contributed by atoms with Crippen LogP contribution in [0.3, 0.4) is 0 Å². The summed E-state index contributed by atoms with van der Waals surface area (Å²) in [5, 5.41) is 9.22. The van der Waals surface area contributed by atoms with Crippen LogP contribution < -0.4 is 4.90 Å². The Morgan fingerprint density at radius 3 is 2.53 bits per heavy atom. The molecule has 0 amide bonds. The molecule has 0 saturated carbocycles. The molecule has 1 saturated heterocycles. The van der Waals surface area contributed by atoms with E-state index in [4.69, 9.17) is 4.74 Å². The second-order valence-electron chi connectivity index (χ2n) is 5.59. The Morgan fingerprint density at radius 2 is 2.00 bits per heavy atom. The normalized spacial score (nSPS) is 16.5. The Labute approximate surface area is 112 Å². The summed E-state index contributed by atoms with van der Waals surface area (Å²) in [5.41, 5.74) is 0.401. The summed E-state index contributed by atoms with van der Waals surface area (Å²) in [5.74, 6) is -0.406. The number of carboxylic acids is 1. The van der Waals surface area contributed by atoms with E-state index in [1.807, 2.05) is 25.7 Å². The standard InChI is InChI=1S/C13H19N3O3/c1-13(2,3)10-9(11(17)18)8-14-12(15-10)16-4-6-19-7-5-16/h8H,4-7H2,1-3H3,(H,17,18). The fourth-order valence-electron chi connectivity index (χ4n) is 2.02. The van der Waals surface area contributed by atoms with Gasteiger partial charge in [0.2, 0.25) is 5.95 Å². The molecular weight excluding hydrogens is 246 g/mol. The van der Waals surface area contributed by atoms with Gasteiger partial charge in [-0.15, -0.1) is 0 Å². The Hall–Kier alpha value is -1.69. The lowest BCUT2D eigenvalue weighted by Crippen LogP contribution is -2.38. The molecule has 0 radical (unpaired) electrons. The maximum Gasteiger partial charge on any atom is 0.339 e. The van der Waals surface area contributed by atoms with Crippen LogP contribution in [0.5, 0.6) is 0 Å². The highest BCUT2D eigenvalue weighted by Crippen LogP contribution is 2.25. The first-order chi connectivity index (χ1) is 8.89. The molecule has 0 unspecified atom stereocenters. The quantitative estimate of drug-likeness (QED) is 0.869. The van der Waals surface area contributed by atoms with E-state index >= 15 is 0 Å². The van der Waals surface area contributed by atoms with Crippen molar-refractivity contribution in [2.45, 2.75) is 26.2 Å². The minimum Gasteiger partial charge on any atom is -0.478 e. The average molecular weight is 265 g/mol. The van der Waals surface area contributed by atoms with Crippen molar-refractivity contribution >= 4 is 11.9 Å². The number of hydrogen-bond acceptors (Lipinski definition) is 5. The van der Waals surface area contributed by atoms with Crippen molar-refractivity contribution in [1.29, 1.82) is 0 Å². The average Bonchev–Trinajstić information content (AvgIpc) is 2.38. The summed E-state index contributed by atoms with van der Waals surface area (Å²) in [6.07, 6.45) is 1.40. The van der Waals surface area contributed by atoms with Gasteiger partial charge in [0.1, 0.15) is 0 Å². The molecular formula is C13H19N3O3. The van der Waals surface area contributed by atoms with E-state index in [2.05, 4.69) is 9.97 Å². The molecule has 1 fully saturated rings. The fourth-order valence-corrected chi connectivity index (χ4v) is 2.02. The predicted octanol–water partition coefficient (Wildman–Crippen LogP) is 1.31. The molecule has 0 atom stereocenters. The van der Waals surface area contributed by atoms with Crippen LogP contribution in [0.25, 0.3) is 0 Å². The number of rotatable bonds is 2. The predicted molar refractivity (Wildman–Crippen MR) is 70.7 cm³/mol. The zero-order chi connectivity index (χ0) is 14.0. The second-order valence-corrected chi connectivity index (χ2v) is 5.59. The number of morpholine rings is 1. The van der Waals surface area contributed by atoms with Crippen molar-refractivity contribution in [3.8, 4) is 0 Å². The molecule has 1 N–H and O–H groups in total. The molecule has 1 aliphatic heterocycles. The molecule has 19 heavy (non-hydrogen) atoms. The summed E-state index contributed by atoms with van der Waals surface area (Å²) < 4.78 is 5.29. The molecule has 1 aliphatic rings. The topological polar surface area (TPSA) is 75.5 Å². The number of carboxylic acid groups (broad SMARTS) is 1. The Kier molecular flexibility index (Phi) is 3.71. The van der Waals surface area contributed by atoms with Crippen LogP contribution in [-0.2, 0) is 10.2 Å².